The summed E-state index contributed by atoms with van der Waals surface area (Å²) in [5.41, 5.74) is 7.21. The van der Waals surface area contributed by atoms with E-state index in [-0.39, 0.29) is 22.1 Å². The molecule has 2 spiro atoms. The van der Waals surface area contributed by atoms with E-state index in [0.717, 1.165) is 6.54 Å². The van der Waals surface area contributed by atoms with Crippen molar-refractivity contribution >= 4 is 297 Å². The highest BCUT2D eigenvalue weighted by molar-refractivity contribution is 6.82. The molecule has 0 aromatic heterocycles. The SMILES string of the molecule is CN1CC23c4c5c6c7c8c9c(c%10c%11c2c2c4c4c%12c5c5c6c6c8c8c%13c9c9c%10c%10c%11c%11c2c2c4c4c%12c%12c5c5c6c8c6c8c%13c9c9c%10c%10c%11c2c2c4c4c%12c5c6c5c8c9c%10c2c45)C73C1c1ccc([N+](=O)[O-])cc1. The number of nitrogens with zero attached hydrogens (tertiary/aromatic N) is 2. The number of hydrogen-bond donors (Lipinski definition) is 0. The highest BCUT2D eigenvalue weighted by Crippen LogP contribution is 2.87. The Morgan fingerprint density at radius 1 is 0.329 bits per heavy atom. The van der Waals surface area contributed by atoms with Gasteiger partial charge in [-0.3, -0.25) is 15.0 Å². The first-order valence-corrected chi connectivity index (χ1v) is 26.9. The van der Waals surface area contributed by atoms with Crippen LogP contribution in [0, 0.1) is 10.1 Å². The van der Waals surface area contributed by atoms with Gasteiger partial charge < -0.3 is 0 Å². The molecular formula is C69H10N2O2. The van der Waals surface area contributed by atoms with Gasteiger partial charge in [-0.15, -0.1) is 0 Å². The number of likely N-dealkylation sites (tertiary alicyclic amines) is 1. The van der Waals surface area contributed by atoms with Gasteiger partial charge in [0.15, 0.2) is 0 Å². The van der Waals surface area contributed by atoms with Crippen LogP contribution in [0.4, 0.5) is 5.69 Å². The number of likely N-dealkylation sites (N-methyl/N-ethyl adjacent to an activating group) is 1. The molecule has 29 aromatic rings. The van der Waals surface area contributed by atoms with Gasteiger partial charge in [-0.2, -0.15) is 0 Å². The van der Waals surface area contributed by atoms with Gasteiger partial charge in [0.1, 0.15) is 0 Å². The molecule has 1 unspecified atom stereocenters. The summed E-state index contributed by atoms with van der Waals surface area (Å²) < 4.78 is 0. The Morgan fingerprint density at radius 2 is 0.521 bits per heavy atom. The molecule has 1 atom stereocenters. The van der Waals surface area contributed by atoms with Crippen LogP contribution in [0.15, 0.2) is 24.3 Å². The quantitative estimate of drug-likeness (QED) is 0.0986. The van der Waals surface area contributed by atoms with E-state index < -0.39 is 5.41 Å². The van der Waals surface area contributed by atoms with Crippen molar-refractivity contribution in [2.75, 3.05) is 13.6 Å². The normalized spacial score (nSPS) is 23.4. The third kappa shape index (κ3) is 1.49. The number of non-ortho nitro benzene ring substituents is 1. The third-order valence-electron chi connectivity index (χ3n) is 26.3. The van der Waals surface area contributed by atoms with Crippen LogP contribution in [0.1, 0.15) is 33.9 Å². The lowest BCUT2D eigenvalue weighted by atomic mass is 9.47. The maximum atomic E-state index is 12.5. The van der Waals surface area contributed by atoms with Crippen LogP contribution in [0.25, 0.3) is 291 Å². The van der Waals surface area contributed by atoms with E-state index in [2.05, 4.69) is 24.1 Å². The van der Waals surface area contributed by atoms with Crippen molar-refractivity contribution in [1.29, 1.82) is 0 Å². The maximum Gasteiger partial charge on any atom is 0.269 e. The molecule has 1 fully saturated rings. The standard InChI is InChI=1S/C69H10N2O2/c1-70-6-68-63-55-47-37-27-19-11-9-10-13-17-15(11)23-31-25(17)35-29-21(13)22-14(10)18-16-12(9)20(19)28-34-24(16)32-26(18)36-30(22)40-39(29)51-45(35)53-43(31)49(41(47)33(23)27)57(63)59(53)65-61(51)62-52(40)46(36)54-44(32)50-42(34)48(38(28)37)56(55)64(68)58(50)60(54)66(62)69(65,68)67(70)7-2-4-8(5-3-7)71(72)73/h2-5,67H,6H2,1H3. The Bertz CT molecular complexity index is 7360. The van der Waals surface area contributed by atoms with Gasteiger partial charge >= 0.3 is 0 Å². The van der Waals surface area contributed by atoms with Crippen LogP contribution in [-0.4, -0.2) is 23.4 Å². The molecule has 1 saturated heterocycles. The molecule has 0 bridgehead atoms. The molecule has 34 rings (SSSR count). The van der Waals surface area contributed by atoms with E-state index in [1.54, 1.807) is 313 Å². The molecule has 308 valence electrons. The lowest BCUT2D eigenvalue weighted by molar-refractivity contribution is -0.384. The summed E-state index contributed by atoms with van der Waals surface area (Å²) in [6.07, 6.45) is 0. The van der Waals surface area contributed by atoms with Crippen molar-refractivity contribution in [3.05, 3.63) is 62.2 Å². The highest BCUT2D eigenvalue weighted by Gasteiger charge is 2.75. The Labute approximate surface area is 397 Å². The summed E-state index contributed by atoms with van der Waals surface area (Å²) in [6, 6.07) is 7.99. The second kappa shape index (κ2) is 6.25. The van der Waals surface area contributed by atoms with Crippen LogP contribution in [0.3, 0.4) is 0 Å². The van der Waals surface area contributed by atoms with Crippen LogP contribution in [0.5, 0.6) is 0 Å². The zero-order chi connectivity index (χ0) is 43.9. The first kappa shape index (κ1) is 27.6. The summed E-state index contributed by atoms with van der Waals surface area (Å²) in [6.45, 7) is 0.921. The molecule has 4 nitrogen and oxygen atoms in total. The van der Waals surface area contributed by atoms with Crippen LogP contribution in [0.2, 0.25) is 0 Å². The zero-order valence-corrected chi connectivity index (χ0v) is 37.3. The van der Waals surface area contributed by atoms with E-state index in [1.165, 1.54) is 5.56 Å². The van der Waals surface area contributed by atoms with Crippen molar-refractivity contribution in [2.24, 2.45) is 0 Å². The number of nitro benzene ring substituents is 1. The number of benzene rings is 19. The molecule has 0 amide bonds. The minimum atomic E-state index is -0.469. The lowest BCUT2D eigenvalue weighted by Crippen LogP contribution is -2.51. The molecule has 4 heteroatoms. The van der Waals surface area contributed by atoms with Crippen LogP contribution >= 0.6 is 0 Å². The number of nitro groups is 1. The van der Waals surface area contributed by atoms with Gasteiger partial charge in [-0.1, -0.05) is 12.1 Å². The van der Waals surface area contributed by atoms with Crippen molar-refractivity contribution < 1.29 is 4.92 Å². The molecular weight excluding hydrogens is 889 g/mol. The second-order valence-electron chi connectivity index (χ2n) is 26.6. The average Bonchev–Trinajstić information content (AvgIpc) is 4.42. The smallest absolute Gasteiger partial charge is 0.269 e. The van der Waals surface area contributed by atoms with E-state index in [4.69, 9.17) is 0 Å². The molecule has 1 heterocycles. The summed E-state index contributed by atoms with van der Waals surface area (Å²) >= 11 is 0. The summed E-state index contributed by atoms with van der Waals surface area (Å²) in [7, 11) is 2.46. The van der Waals surface area contributed by atoms with Crippen molar-refractivity contribution in [3.63, 3.8) is 0 Å². The lowest BCUT2D eigenvalue weighted by Gasteiger charge is -2.52. The van der Waals surface area contributed by atoms with Crippen LogP contribution < -0.4 is 0 Å². The molecule has 73 heavy (non-hydrogen) atoms. The Kier molecular flexibility index (Phi) is 2.36. The van der Waals surface area contributed by atoms with Crippen molar-refractivity contribution in [2.45, 2.75) is 16.9 Å². The predicted octanol–water partition coefficient (Wildman–Crippen LogP) is 17.9. The van der Waals surface area contributed by atoms with E-state index >= 15 is 0 Å². The van der Waals surface area contributed by atoms with Gasteiger partial charge in [0.2, 0.25) is 0 Å². The first-order valence-electron chi connectivity index (χ1n) is 26.9. The topological polar surface area (TPSA) is 46.4 Å². The Hall–Kier alpha value is -8.96. The molecule has 0 N–H and O–H groups in total. The van der Waals surface area contributed by atoms with Gasteiger partial charge in [-0.25, -0.2) is 0 Å². The second-order valence-corrected chi connectivity index (χ2v) is 26.6. The Balaban J connectivity index is 1.13. The van der Waals surface area contributed by atoms with Gasteiger partial charge in [-0.05, 0) is 326 Å². The molecule has 0 radical (unpaired) electrons. The van der Waals surface area contributed by atoms with E-state index in [0.29, 0.717) is 0 Å². The average molecular weight is 899 g/mol. The van der Waals surface area contributed by atoms with Gasteiger partial charge in [0.05, 0.1) is 15.8 Å². The van der Waals surface area contributed by atoms with Crippen molar-refractivity contribution in [3.8, 4) is 0 Å². The Morgan fingerprint density at radius 3 is 0.726 bits per heavy atom. The van der Waals surface area contributed by atoms with E-state index in [1.807, 2.05) is 12.1 Å². The first-order chi connectivity index (χ1) is 36.2. The summed E-state index contributed by atoms with van der Waals surface area (Å²) in [5.74, 6) is 0. The molecule has 0 saturated carbocycles. The molecule has 5 aliphatic rings. The molecule has 29 aromatic carbocycles. The van der Waals surface area contributed by atoms with Crippen molar-refractivity contribution in [1.82, 2.24) is 4.90 Å². The van der Waals surface area contributed by atoms with Gasteiger partial charge in [0.25, 0.3) is 5.69 Å². The van der Waals surface area contributed by atoms with Gasteiger partial charge in [0, 0.05) is 24.7 Å². The number of rotatable bonds is 2. The largest absolute Gasteiger partial charge is 0.297 e. The summed E-state index contributed by atoms with van der Waals surface area (Å²) in [4.78, 5) is 15.1. The predicted molar refractivity (Wildman–Crippen MR) is 302 cm³/mol. The fourth-order valence-electron chi connectivity index (χ4n) is 26.3. The molecule has 1 aliphatic heterocycles. The third-order valence-corrected chi connectivity index (χ3v) is 26.3. The fourth-order valence-corrected chi connectivity index (χ4v) is 26.3. The number of hydrogen-bond acceptors (Lipinski definition) is 3. The monoisotopic (exact) mass is 898 g/mol. The highest BCUT2D eigenvalue weighted by atomic mass is 16.6. The molecule has 4 aliphatic carbocycles. The minimum absolute atomic E-state index is 0.0379. The van der Waals surface area contributed by atoms with E-state index in [9.17, 15) is 10.1 Å². The maximum absolute atomic E-state index is 12.5. The van der Waals surface area contributed by atoms with Crippen LogP contribution in [-0.2, 0) is 10.8 Å². The fraction of sp³-hybridized carbons (Fsp3) is 0.0725. The minimum Gasteiger partial charge on any atom is -0.297 e. The summed E-state index contributed by atoms with van der Waals surface area (Å²) in [5, 5.41) is 99.6. The zero-order valence-electron chi connectivity index (χ0n) is 37.3.